The molecule has 2 aliphatic heterocycles. The highest BCUT2D eigenvalue weighted by Gasteiger charge is 2.33. The molecule has 1 aromatic carbocycles. The predicted octanol–water partition coefficient (Wildman–Crippen LogP) is 2.14. The summed E-state index contributed by atoms with van der Waals surface area (Å²) in [6.07, 6.45) is 1.75. The summed E-state index contributed by atoms with van der Waals surface area (Å²) in [6.45, 7) is 7.04. The number of piperazine rings is 1. The standard InChI is InChI=1S/C21H26N6OS/c1-15-19(27-12-2-3-18(27)20(28)24-9-8-22)25-21(29-15)16-4-6-17(7-5-16)26-13-10-23-11-14-26/h4-7,18,23H,2-3,9-14H2,1H3,(H,24,28)/t18-/m0/s1. The van der Waals surface area contributed by atoms with Crippen LogP contribution in [0.2, 0.25) is 0 Å². The van der Waals surface area contributed by atoms with Gasteiger partial charge in [0, 0.05) is 48.9 Å². The van der Waals surface area contributed by atoms with Crippen molar-refractivity contribution in [2.24, 2.45) is 0 Å². The van der Waals surface area contributed by atoms with Gasteiger partial charge in [-0.3, -0.25) is 4.79 Å². The van der Waals surface area contributed by atoms with Gasteiger partial charge in [-0.25, -0.2) is 4.98 Å². The van der Waals surface area contributed by atoms with Crippen molar-refractivity contribution in [1.29, 1.82) is 5.26 Å². The van der Waals surface area contributed by atoms with Crippen LogP contribution in [-0.2, 0) is 4.79 Å². The Balaban J connectivity index is 1.51. The third-order valence-electron chi connectivity index (χ3n) is 5.54. The van der Waals surface area contributed by atoms with Gasteiger partial charge < -0.3 is 20.4 Å². The van der Waals surface area contributed by atoms with Crippen molar-refractivity contribution in [2.75, 3.05) is 49.1 Å². The van der Waals surface area contributed by atoms with E-state index >= 15 is 0 Å². The summed E-state index contributed by atoms with van der Waals surface area (Å²) < 4.78 is 0. The Bertz CT molecular complexity index is 897. The second-order valence-corrected chi connectivity index (χ2v) is 8.61. The Morgan fingerprint density at radius 1 is 1.31 bits per heavy atom. The van der Waals surface area contributed by atoms with Crippen molar-refractivity contribution in [3.63, 3.8) is 0 Å². The van der Waals surface area contributed by atoms with Crippen LogP contribution >= 0.6 is 11.3 Å². The fourth-order valence-electron chi connectivity index (χ4n) is 4.05. The molecule has 1 amide bonds. The van der Waals surface area contributed by atoms with E-state index in [4.69, 9.17) is 10.2 Å². The van der Waals surface area contributed by atoms with E-state index in [9.17, 15) is 4.79 Å². The number of carbonyl (C=O) groups is 1. The van der Waals surface area contributed by atoms with Gasteiger partial charge in [-0.05, 0) is 44.0 Å². The maximum absolute atomic E-state index is 12.4. The predicted molar refractivity (Wildman–Crippen MR) is 116 cm³/mol. The molecule has 2 aromatic rings. The van der Waals surface area contributed by atoms with Crippen LogP contribution in [0.4, 0.5) is 11.5 Å². The fourth-order valence-corrected chi connectivity index (χ4v) is 4.98. The van der Waals surface area contributed by atoms with E-state index in [1.165, 1.54) is 5.69 Å². The lowest BCUT2D eigenvalue weighted by atomic mass is 10.2. The number of aryl methyl sites for hydroxylation is 1. The summed E-state index contributed by atoms with van der Waals surface area (Å²) >= 11 is 1.67. The number of amides is 1. The molecule has 2 saturated heterocycles. The van der Waals surface area contributed by atoms with E-state index < -0.39 is 0 Å². The summed E-state index contributed by atoms with van der Waals surface area (Å²) in [6, 6.07) is 10.3. The molecular formula is C21H26N6OS. The Kier molecular flexibility index (Phi) is 5.97. The first-order valence-corrected chi connectivity index (χ1v) is 10.9. The lowest BCUT2D eigenvalue weighted by Crippen LogP contribution is -2.43. The molecule has 0 saturated carbocycles. The first-order valence-electron chi connectivity index (χ1n) is 10.1. The van der Waals surface area contributed by atoms with Gasteiger partial charge in [-0.2, -0.15) is 5.26 Å². The molecule has 7 nitrogen and oxygen atoms in total. The van der Waals surface area contributed by atoms with Gasteiger partial charge in [0.1, 0.15) is 23.4 Å². The molecular weight excluding hydrogens is 384 g/mol. The number of hydrogen-bond acceptors (Lipinski definition) is 7. The summed E-state index contributed by atoms with van der Waals surface area (Å²) in [5, 5.41) is 15.8. The Hall–Kier alpha value is -2.63. The van der Waals surface area contributed by atoms with E-state index in [1.807, 2.05) is 6.07 Å². The average molecular weight is 411 g/mol. The third kappa shape index (κ3) is 4.21. The van der Waals surface area contributed by atoms with Crippen LogP contribution in [0.5, 0.6) is 0 Å². The first-order chi connectivity index (χ1) is 14.2. The molecule has 0 bridgehead atoms. The van der Waals surface area contributed by atoms with Gasteiger partial charge in [0.15, 0.2) is 0 Å². The number of aromatic nitrogens is 1. The van der Waals surface area contributed by atoms with Gasteiger partial charge in [-0.15, -0.1) is 11.3 Å². The highest BCUT2D eigenvalue weighted by atomic mass is 32.1. The zero-order chi connectivity index (χ0) is 20.2. The van der Waals surface area contributed by atoms with Crippen LogP contribution in [0, 0.1) is 18.3 Å². The number of carbonyl (C=O) groups excluding carboxylic acids is 1. The van der Waals surface area contributed by atoms with E-state index in [-0.39, 0.29) is 18.5 Å². The molecule has 2 aliphatic rings. The molecule has 3 heterocycles. The summed E-state index contributed by atoms with van der Waals surface area (Å²) in [5.41, 5.74) is 2.35. The summed E-state index contributed by atoms with van der Waals surface area (Å²) in [4.78, 5) is 22.9. The largest absolute Gasteiger partial charge is 0.369 e. The van der Waals surface area contributed by atoms with Crippen LogP contribution < -0.4 is 20.4 Å². The molecule has 29 heavy (non-hydrogen) atoms. The second-order valence-electron chi connectivity index (χ2n) is 7.41. The highest BCUT2D eigenvalue weighted by Crippen LogP contribution is 2.36. The Morgan fingerprint density at radius 3 is 2.79 bits per heavy atom. The van der Waals surface area contributed by atoms with Gasteiger partial charge in [-0.1, -0.05) is 0 Å². The second kappa shape index (κ2) is 8.80. The van der Waals surface area contributed by atoms with Gasteiger partial charge >= 0.3 is 0 Å². The number of nitrogens with one attached hydrogen (secondary N) is 2. The third-order valence-corrected chi connectivity index (χ3v) is 6.55. The van der Waals surface area contributed by atoms with Crippen LogP contribution in [-0.4, -0.2) is 56.2 Å². The molecule has 2 N–H and O–H groups in total. The van der Waals surface area contributed by atoms with Crippen LogP contribution in [0.25, 0.3) is 10.6 Å². The van der Waals surface area contributed by atoms with Crippen molar-refractivity contribution >= 4 is 28.7 Å². The number of anilines is 2. The zero-order valence-electron chi connectivity index (χ0n) is 16.6. The highest BCUT2D eigenvalue weighted by molar-refractivity contribution is 7.15. The minimum atomic E-state index is -0.243. The van der Waals surface area contributed by atoms with Crippen molar-refractivity contribution < 1.29 is 4.79 Å². The van der Waals surface area contributed by atoms with Gasteiger partial charge in [0.05, 0.1) is 6.07 Å². The normalized spacial score (nSPS) is 19.2. The van der Waals surface area contributed by atoms with E-state index in [0.29, 0.717) is 0 Å². The number of nitrogens with zero attached hydrogens (tertiary/aromatic N) is 4. The zero-order valence-corrected chi connectivity index (χ0v) is 17.5. The van der Waals surface area contributed by atoms with E-state index in [2.05, 4.69) is 51.6 Å². The van der Waals surface area contributed by atoms with E-state index in [0.717, 1.165) is 66.8 Å². The number of rotatable bonds is 5. The number of hydrogen-bond donors (Lipinski definition) is 2. The van der Waals surface area contributed by atoms with Crippen molar-refractivity contribution in [3.05, 3.63) is 29.1 Å². The van der Waals surface area contributed by atoms with E-state index in [1.54, 1.807) is 11.3 Å². The number of nitriles is 1. The Labute approximate surface area is 175 Å². The molecule has 0 spiro atoms. The minimum Gasteiger partial charge on any atom is -0.369 e. The molecule has 0 unspecified atom stereocenters. The fraction of sp³-hybridized carbons (Fsp3) is 0.476. The molecule has 1 atom stereocenters. The average Bonchev–Trinajstić information content (AvgIpc) is 3.39. The van der Waals surface area contributed by atoms with Crippen molar-refractivity contribution in [2.45, 2.75) is 25.8 Å². The van der Waals surface area contributed by atoms with Crippen LogP contribution in [0.3, 0.4) is 0 Å². The van der Waals surface area contributed by atoms with Gasteiger partial charge in [0.2, 0.25) is 5.91 Å². The molecule has 2 fully saturated rings. The molecule has 152 valence electrons. The lowest BCUT2D eigenvalue weighted by molar-refractivity contribution is -0.121. The summed E-state index contributed by atoms with van der Waals surface area (Å²) in [5.74, 6) is 0.809. The monoisotopic (exact) mass is 410 g/mol. The molecule has 4 rings (SSSR count). The molecule has 0 radical (unpaired) electrons. The topological polar surface area (TPSA) is 84.3 Å². The maximum Gasteiger partial charge on any atom is 0.243 e. The molecule has 8 heteroatoms. The van der Waals surface area contributed by atoms with Crippen LogP contribution in [0.15, 0.2) is 24.3 Å². The smallest absolute Gasteiger partial charge is 0.243 e. The maximum atomic E-state index is 12.4. The molecule has 1 aromatic heterocycles. The number of benzene rings is 1. The Morgan fingerprint density at radius 2 is 2.07 bits per heavy atom. The van der Waals surface area contributed by atoms with Crippen molar-refractivity contribution in [1.82, 2.24) is 15.6 Å². The quantitative estimate of drug-likeness (QED) is 0.735. The minimum absolute atomic E-state index is 0.0455. The van der Waals surface area contributed by atoms with Crippen LogP contribution in [0.1, 0.15) is 17.7 Å². The number of thiazole rings is 1. The summed E-state index contributed by atoms with van der Waals surface area (Å²) in [7, 11) is 0. The van der Waals surface area contributed by atoms with Gasteiger partial charge in [0.25, 0.3) is 0 Å². The molecule has 0 aliphatic carbocycles. The van der Waals surface area contributed by atoms with Crippen molar-refractivity contribution in [3.8, 4) is 16.6 Å². The lowest BCUT2D eigenvalue weighted by Gasteiger charge is -2.29. The first kappa shape index (κ1) is 19.7. The SMILES string of the molecule is Cc1sc(-c2ccc(N3CCNCC3)cc2)nc1N1CCC[C@H]1C(=O)NCC#N.